The Kier molecular flexibility index (Phi) is 4.74. The molecule has 0 fully saturated rings. The molecule has 0 unspecified atom stereocenters. The lowest BCUT2D eigenvalue weighted by Crippen LogP contribution is -2.13. The van der Waals surface area contributed by atoms with E-state index in [1.165, 1.54) is 0 Å². The summed E-state index contributed by atoms with van der Waals surface area (Å²) in [6.07, 6.45) is 2.45. The molecule has 0 radical (unpaired) electrons. The molecule has 2 aromatic rings. The molecule has 0 aliphatic heterocycles. The van der Waals surface area contributed by atoms with E-state index in [0.717, 1.165) is 22.2 Å². The van der Waals surface area contributed by atoms with Crippen molar-refractivity contribution in [1.82, 2.24) is 4.98 Å². The van der Waals surface area contributed by atoms with Crippen LogP contribution in [0.2, 0.25) is 0 Å². The van der Waals surface area contributed by atoms with Crippen LogP contribution in [0.3, 0.4) is 0 Å². The van der Waals surface area contributed by atoms with Crippen LogP contribution in [-0.4, -0.2) is 18.0 Å². The smallest absolute Gasteiger partial charge is 0.256 e. The Morgan fingerprint density at radius 1 is 1.35 bits per heavy atom. The number of hydrogen-bond donors (Lipinski definition) is 1. The highest BCUT2D eigenvalue weighted by atomic mass is 79.9. The highest BCUT2D eigenvalue weighted by Gasteiger charge is 2.10. The molecule has 0 atom stereocenters. The van der Waals surface area contributed by atoms with Crippen molar-refractivity contribution in [1.29, 1.82) is 0 Å². The SMILES string of the molecule is CCc1cc(C(=O)Nc2ccc(Br)cn2)ccc1OC. The van der Waals surface area contributed by atoms with Crippen molar-refractivity contribution in [3.05, 3.63) is 52.1 Å². The number of rotatable bonds is 4. The van der Waals surface area contributed by atoms with Crippen molar-refractivity contribution < 1.29 is 9.53 Å². The van der Waals surface area contributed by atoms with Crippen LogP contribution in [0.4, 0.5) is 5.82 Å². The Hall–Kier alpha value is -1.88. The van der Waals surface area contributed by atoms with Gasteiger partial charge in [0.25, 0.3) is 5.91 Å². The van der Waals surface area contributed by atoms with Crippen molar-refractivity contribution >= 4 is 27.7 Å². The highest BCUT2D eigenvalue weighted by molar-refractivity contribution is 9.10. The molecule has 0 aliphatic carbocycles. The van der Waals surface area contributed by atoms with Crippen LogP contribution in [0.15, 0.2) is 41.0 Å². The van der Waals surface area contributed by atoms with Gasteiger partial charge in [-0.1, -0.05) is 6.92 Å². The van der Waals surface area contributed by atoms with E-state index in [1.807, 2.05) is 25.1 Å². The summed E-state index contributed by atoms with van der Waals surface area (Å²) < 4.78 is 6.12. The minimum atomic E-state index is -0.183. The van der Waals surface area contributed by atoms with Gasteiger partial charge < -0.3 is 10.1 Å². The van der Waals surface area contributed by atoms with E-state index in [2.05, 4.69) is 26.2 Å². The first-order valence-electron chi connectivity index (χ1n) is 6.24. The fourth-order valence-corrected chi connectivity index (χ4v) is 2.07. The summed E-state index contributed by atoms with van der Waals surface area (Å²) in [7, 11) is 1.62. The fraction of sp³-hybridized carbons (Fsp3) is 0.200. The maximum absolute atomic E-state index is 12.2. The first kappa shape index (κ1) is 14.5. The van der Waals surface area contributed by atoms with Crippen LogP contribution in [-0.2, 0) is 6.42 Å². The predicted octanol–water partition coefficient (Wildman–Crippen LogP) is 3.67. The fourth-order valence-electron chi connectivity index (χ4n) is 1.83. The number of aromatic nitrogens is 1. The van der Waals surface area contributed by atoms with Crippen molar-refractivity contribution in [2.75, 3.05) is 12.4 Å². The number of nitrogens with zero attached hydrogens (tertiary/aromatic N) is 1. The maximum Gasteiger partial charge on any atom is 0.256 e. The van der Waals surface area contributed by atoms with E-state index in [-0.39, 0.29) is 5.91 Å². The van der Waals surface area contributed by atoms with Gasteiger partial charge in [-0.2, -0.15) is 0 Å². The van der Waals surface area contributed by atoms with Gasteiger partial charge in [0.2, 0.25) is 0 Å². The summed E-state index contributed by atoms with van der Waals surface area (Å²) in [5.74, 6) is 1.13. The standard InChI is InChI=1S/C15H15BrN2O2/c1-3-10-8-11(4-6-13(10)20-2)15(19)18-14-7-5-12(16)9-17-14/h4-9H,3H2,1-2H3,(H,17,18,19). The monoisotopic (exact) mass is 334 g/mol. The molecule has 1 amide bonds. The lowest BCUT2D eigenvalue weighted by molar-refractivity contribution is 0.102. The van der Waals surface area contributed by atoms with Gasteiger partial charge in [0.15, 0.2) is 0 Å². The van der Waals surface area contributed by atoms with E-state index in [1.54, 1.807) is 25.4 Å². The quantitative estimate of drug-likeness (QED) is 0.928. The molecular weight excluding hydrogens is 320 g/mol. The number of aryl methyl sites for hydroxylation is 1. The van der Waals surface area contributed by atoms with Crippen molar-refractivity contribution in [2.45, 2.75) is 13.3 Å². The second kappa shape index (κ2) is 6.52. The Bertz CT molecular complexity index is 612. The van der Waals surface area contributed by atoms with Gasteiger partial charge in [-0.25, -0.2) is 4.98 Å². The zero-order valence-corrected chi connectivity index (χ0v) is 12.9. The van der Waals surface area contributed by atoms with Crippen LogP contribution >= 0.6 is 15.9 Å². The molecule has 20 heavy (non-hydrogen) atoms. The number of ether oxygens (including phenoxy) is 1. The molecular formula is C15H15BrN2O2. The molecule has 104 valence electrons. The Morgan fingerprint density at radius 3 is 2.75 bits per heavy atom. The molecule has 1 heterocycles. The molecule has 0 spiro atoms. The van der Waals surface area contributed by atoms with Gasteiger partial charge in [0, 0.05) is 16.2 Å². The second-order valence-electron chi connectivity index (χ2n) is 4.20. The number of halogens is 1. The largest absolute Gasteiger partial charge is 0.496 e. The molecule has 4 nitrogen and oxygen atoms in total. The number of nitrogens with one attached hydrogen (secondary N) is 1. The van der Waals surface area contributed by atoms with Crippen LogP contribution in [0.1, 0.15) is 22.8 Å². The third kappa shape index (κ3) is 3.36. The zero-order chi connectivity index (χ0) is 14.5. The maximum atomic E-state index is 12.2. The molecule has 1 aromatic heterocycles. The minimum Gasteiger partial charge on any atom is -0.496 e. The summed E-state index contributed by atoms with van der Waals surface area (Å²) in [6, 6.07) is 8.96. The van der Waals surface area contributed by atoms with Crippen LogP contribution in [0, 0.1) is 0 Å². The van der Waals surface area contributed by atoms with E-state index in [0.29, 0.717) is 11.4 Å². The van der Waals surface area contributed by atoms with Gasteiger partial charge in [-0.3, -0.25) is 4.79 Å². The van der Waals surface area contributed by atoms with Crippen LogP contribution < -0.4 is 10.1 Å². The number of methoxy groups -OCH3 is 1. The summed E-state index contributed by atoms with van der Waals surface area (Å²) in [5.41, 5.74) is 1.59. The van der Waals surface area contributed by atoms with Gasteiger partial charge in [0.1, 0.15) is 11.6 Å². The van der Waals surface area contributed by atoms with E-state index < -0.39 is 0 Å². The van der Waals surface area contributed by atoms with Gasteiger partial charge >= 0.3 is 0 Å². The number of carbonyl (C=O) groups excluding carboxylic acids is 1. The zero-order valence-electron chi connectivity index (χ0n) is 11.3. The third-order valence-corrected chi connectivity index (χ3v) is 3.36. The molecule has 5 heteroatoms. The van der Waals surface area contributed by atoms with E-state index >= 15 is 0 Å². The second-order valence-corrected chi connectivity index (χ2v) is 5.11. The number of carbonyl (C=O) groups is 1. The average molecular weight is 335 g/mol. The van der Waals surface area contributed by atoms with Crippen LogP contribution in [0.5, 0.6) is 5.75 Å². The molecule has 0 aliphatic rings. The summed E-state index contributed by atoms with van der Waals surface area (Å²) >= 11 is 3.30. The number of amides is 1. The number of pyridine rings is 1. The highest BCUT2D eigenvalue weighted by Crippen LogP contribution is 2.21. The Balaban J connectivity index is 2.18. The van der Waals surface area contributed by atoms with Gasteiger partial charge in [0.05, 0.1) is 7.11 Å². The van der Waals surface area contributed by atoms with Crippen LogP contribution in [0.25, 0.3) is 0 Å². The molecule has 0 saturated heterocycles. The molecule has 2 rings (SSSR count). The van der Waals surface area contributed by atoms with Crippen molar-refractivity contribution in [3.8, 4) is 5.75 Å². The van der Waals surface area contributed by atoms with Gasteiger partial charge in [-0.05, 0) is 58.2 Å². The Morgan fingerprint density at radius 2 is 2.15 bits per heavy atom. The van der Waals surface area contributed by atoms with E-state index in [9.17, 15) is 4.79 Å². The van der Waals surface area contributed by atoms with Crippen molar-refractivity contribution in [3.63, 3.8) is 0 Å². The third-order valence-electron chi connectivity index (χ3n) is 2.89. The molecule has 1 aromatic carbocycles. The first-order valence-corrected chi connectivity index (χ1v) is 7.03. The Labute approximate surface area is 126 Å². The molecule has 0 saturated carbocycles. The summed E-state index contributed by atoms with van der Waals surface area (Å²) in [6.45, 7) is 2.02. The molecule has 1 N–H and O–H groups in total. The topological polar surface area (TPSA) is 51.2 Å². The average Bonchev–Trinajstić information content (AvgIpc) is 2.48. The number of anilines is 1. The first-order chi connectivity index (χ1) is 9.63. The lowest BCUT2D eigenvalue weighted by Gasteiger charge is -2.09. The predicted molar refractivity (Wildman–Crippen MR) is 82.3 cm³/mol. The normalized spacial score (nSPS) is 10.2. The van der Waals surface area contributed by atoms with Gasteiger partial charge in [-0.15, -0.1) is 0 Å². The number of hydrogen-bond acceptors (Lipinski definition) is 3. The summed E-state index contributed by atoms with van der Waals surface area (Å²) in [4.78, 5) is 16.3. The summed E-state index contributed by atoms with van der Waals surface area (Å²) in [5, 5.41) is 2.76. The van der Waals surface area contributed by atoms with E-state index in [4.69, 9.17) is 4.74 Å². The minimum absolute atomic E-state index is 0.183. The lowest BCUT2D eigenvalue weighted by atomic mass is 10.1. The molecule has 0 bridgehead atoms. The van der Waals surface area contributed by atoms with Crippen molar-refractivity contribution in [2.24, 2.45) is 0 Å². The number of benzene rings is 1.